The first-order valence-electron chi connectivity index (χ1n) is 7.76. The molecule has 0 aliphatic carbocycles. The van der Waals surface area contributed by atoms with E-state index in [1.54, 1.807) is 34.5 Å². The van der Waals surface area contributed by atoms with Crippen LogP contribution in [-0.2, 0) is 14.8 Å². The van der Waals surface area contributed by atoms with Crippen LogP contribution in [0, 0.1) is 5.92 Å². The van der Waals surface area contributed by atoms with Crippen LogP contribution in [0.25, 0.3) is 0 Å². The predicted octanol–water partition coefficient (Wildman–Crippen LogP) is 1.81. The van der Waals surface area contributed by atoms with Crippen molar-refractivity contribution >= 4 is 33.0 Å². The topological polar surface area (TPSA) is 84.9 Å². The smallest absolute Gasteiger partial charge is 0.250 e. The molecule has 9 heteroatoms. The summed E-state index contributed by atoms with van der Waals surface area (Å²) < 4.78 is 37.9. The Labute approximate surface area is 149 Å². The summed E-state index contributed by atoms with van der Waals surface area (Å²) in [5.74, 6) is 1.18. The molecule has 1 saturated heterocycles. The molecule has 0 saturated carbocycles. The molecule has 7 nitrogen and oxygen atoms in total. The fourth-order valence-corrected chi connectivity index (χ4v) is 5.09. The zero-order valence-corrected chi connectivity index (χ0v) is 14.8. The van der Waals surface area contributed by atoms with Gasteiger partial charge in [0, 0.05) is 31.3 Å². The van der Waals surface area contributed by atoms with E-state index in [2.05, 4.69) is 4.72 Å². The van der Waals surface area contributed by atoms with Crippen LogP contribution in [0.1, 0.15) is 6.42 Å². The molecule has 132 valence electrons. The summed E-state index contributed by atoms with van der Waals surface area (Å²) >= 11 is 1.17. The second kappa shape index (κ2) is 6.32. The molecule has 1 amide bonds. The molecule has 1 N–H and O–H groups in total. The van der Waals surface area contributed by atoms with Crippen LogP contribution in [0.3, 0.4) is 0 Å². The molecule has 1 aromatic heterocycles. The third-order valence-corrected chi connectivity index (χ3v) is 7.02. The summed E-state index contributed by atoms with van der Waals surface area (Å²) in [5.41, 5.74) is 0.734. The number of hydrogen-bond donors (Lipinski definition) is 1. The number of anilines is 1. The Morgan fingerprint density at radius 2 is 2.08 bits per heavy atom. The van der Waals surface area contributed by atoms with Crippen molar-refractivity contribution in [3.8, 4) is 11.5 Å². The second-order valence-electron chi connectivity index (χ2n) is 5.90. The quantitative estimate of drug-likeness (QED) is 0.855. The molecule has 1 unspecified atom stereocenters. The highest BCUT2D eigenvalue weighted by atomic mass is 32.2. The van der Waals surface area contributed by atoms with Gasteiger partial charge in [-0.25, -0.2) is 13.1 Å². The van der Waals surface area contributed by atoms with Crippen molar-refractivity contribution in [2.75, 3.05) is 24.8 Å². The number of carbonyl (C=O) groups excluding carboxylic acids is 1. The summed E-state index contributed by atoms with van der Waals surface area (Å²) in [7, 11) is -3.51. The van der Waals surface area contributed by atoms with Gasteiger partial charge in [-0.15, -0.1) is 11.3 Å². The van der Waals surface area contributed by atoms with Gasteiger partial charge in [-0.2, -0.15) is 0 Å². The second-order valence-corrected chi connectivity index (χ2v) is 8.84. The third kappa shape index (κ3) is 3.22. The maximum Gasteiger partial charge on any atom is 0.250 e. The van der Waals surface area contributed by atoms with Crippen LogP contribution in [0.2, 0.25) is 0 Å². The number of carbonyl (C=O) groups is 1. The van der Waals surface area contributed by atoms with E-state index in [0.717, 1.165) is 5.69 Å². The fourth-order valence-electron chi connectivity index (χ4n) is 2.94. The highest BCUT2D eigenvalue weighted by molar-refractivity contribution is 7.91. The Bertz CT molecular complexity index is 895. The van der Waals surface area contributed by atoms with Gasteiger partial charge in [-0.3, -0.25) is 4.79 Å². The number of amides is 1. The van der Waals surface area contributed by atoms with Crippen LogP contribution >= 0.6 is 11.3 Å². The van der Waals surface area contributed by atoms with Gasteiger partial charge in [0.15, 0.2) is 11.5 Å². The number of thiophene rings is 1. The average Bonchev–Trinajstić information content (AvgIpc) is 3.33. The number of nitrogens with one attached hydrogen (secondary N) is 1. The van der Waals surface area contributed by atoms with Gasteiger partial charge in [0.1, 0.15) is 4.21 Å². The molecule has 4 rings (SSSR count). The van der Waals surface area contributed by atoms with Crippen molar-refractivity contribution < 1.29 is 22.7 Å². The van der Waals surface area contributed by atoms with Crippen molar-refractivity contribution in [3.63, 3.8) is 0 Å². The van der Waals surface area contributed by atoms with E-state index in [1.165, 1.54) is 11.3 Å². The zero-order chi connectivity index (χ0) is 17.4. The summed E-state index contributed by atoms with van der Waals surface area (Å²) in [6.45, 7) is 0.873. The van der Waals surface area contributed by atoms with E-state index in [9.17, 15) is 13.2 Å². The van der Waals surface area contributed by atoms with Crippen LogP contribution < -0.4 is 19.1 Å². The van der Waals surface area contributed by atoms with Crippen LogP contribution in [0.5, 0.6) is 11.5 Å². The first-order valence-corrected chi connectivity index (χ1v) is 10.1. The SMILES string of the molecule is O=C1CC(CNS(=O)(=O)c2cccs2)CN1c1ccc2c(c1)OCO2. The zero-order valence-electron chi connectivity index (χ0n) is 13.2. The molecule has 1 atom stereocenters. The standard InChI is InChI=1S/C16H16N2O5S2/c19-15-6-11(8-17-25(20,21)16-2-1-5-24-16)9-18(15)12-3-4-13-14(7-12)23-10-22-13/h1-5,7,11,17H,6,8-10H2. The molecule has 0 spiro atoms. The van der Waals surface area contributed by atoms with Crippen molar-refractivity contribution in [2.24, 2.45) is 5.92 Å². The predicted molar refractivity (Wildman–Crippen MR) is 92.5 cm³/mol. The van der Waals surface area contributed by atoms with Gasteiger partial charge < -0.3 is 14.4 Å². The first-order chi connectivity index (χ1) is 12.0. The summed E-state index contributed by atoms with van der Waals surface area (Å²) in [6.07, 6.45) is 0.307. The normalized spacial score (nSPS) is 19.6. The number of ether oxygens (including phenoxy) is 2. The van der Waals surface area contributed by atoms with Crippen molar-refractivity contribution in [1.29, 1.82) is 0 Å². The molecular formula is C16H16N2O5S2. The Hall–Kier alpha value is -2.10. The van der Waals surface area contributed by atoms with Gasteiger partial charge in [-0.1, -0.05) is 6.07 Å². The fraction of sp³-hybridized carbons (Fsp3) is 0.312. The Morgan fingerprint density at radius 1 is 1.24 bits per heavy atom. The van der Waals surface area contributed by atoms with Crippen LogP contribution in [-0.4, -0.2) is 34.2 Å². The minimum atomic E-state index is -3.51. The van der Waals surface area contributed by atoms with E-state index in [4.69, 9.17) is 9.47 Å². The Kier molecular flexibility index (Phi) is 4.14. The van der Waals surface area contributed by atoms with E-state index in [0.29, 0.717) is 24.5 Å². The molecule has 1 aromatic carbocycles. The third-order valence-electron chi connectivity index (χ3n) is 4.19. The van der Waals surface area contributed by atoms with Gasteiger partial charge in [0.25, 0.3) is 0 Å². The number of hydrogen-bond acceptors (Lipinski definition) is 6. The van der Waals surface area contributed by atoms with Gasteiger partial charge in [0.05, 0.1) is 0 Å². The van der Waals surface area contributed by atoms with Crippen molar-refractivity contribution in [3.05, 3.63) is 35.7 Å². The van der Waals surface area contributed by atoms with E-state index in [-0.39, 0.29) is 29.4 Å². The lowest BCUT2D eigenvalue weighted by atomic mass is 10.1. The van der Waals surface area contributed by atoms with Crippen molar-refractivity contribution in [2.45, 2.75) is 10.6 Å². The number of benzene rings is 1. The lowest BCUT2D eigenvalue weighted by Gasteiger charge is -2.17. The molecule has 2 aliphatic rings. The van der Waals surface area contributed by atoms with Gasteiger partial charge >= 0.3 is 0 Å². The summed E-state index contributed by atoms with van der Waals surface area (Å²) in [6, 6.07) is 8.62. The van der Waals surface area contributed by atoms with Crippen LogP contribution in [0.15, 0.2) is 39.9 Å². The van der Waals surface area contributed by atoms with Gasteiger partial charge in [-0.05, 0) is 29.5 Å². The molecule has 1 fully saturated rings. The molecule has 2 aromatic rings. The Morgan fingerprint density at radius 3 is 2.88 bits per heavy atom. The van der Waals surface area contributed by atoms with Gasteiger partial charge in [0.2, 0.25) is 22.7 Å². The van der Waals surface area contributed by atoms with E-state index in [1.807, 2.05) is 6.07 Å². The number of nitrogens with zero attached hydrogens (tertiary/aromatic N) is 1. The molecule has 25 heavy (non-hydrogen) atoms. The van der Waals surface area contributed by atoms with E-state index < -0.39 is 10.0 Å². The number of rotatable bonds is 5. The maximum atomic E-state index is 12.3. The summed E-state index contributed by atoms with van der Waals surface area (Å²) in [4.78, 5) is 14.0. The lowest BCUT2D eigenvalue weighted by Crippen LogP contribution is -2.31. The number of sulfonamides is 1. The average molecular weight is 380 g/mol. The molecule has 3 heterocycles. The van der Waals surface area contributed by atoms with E-state index >= 15 is 0 Å². The highest BCUT2D eigenvalue weighted by Gasteiger charge is 2.32. The Balaban J connectivity index is 1.42. The maximum absolute atomic E-state index is 12.3. The minimum absolute atomic E-state index is 0.0285. The van der Waals surface area contributed by atoms with Crippen LogP contribution in [0.4, 0.5) is 5.69 Å². The minimum Gasteiger partial charge on any atom is -0.454 e. The highest BCUT2D eigenvalue weighted by Crippen LogP contribution is 2.37. The summed E-state index contributed by atoms with van der Waals surface area (Å²) in [5, 5.41) is 1.72. The van der Waals surface area contributed by atoms with Crippen molar-refractivity contribution in [1.82, 2.24) is 4.72 Å². The largest absolute Gasteiger partial charge is 0.454 e. The number of fused-ring (bicyclic) bond motifs is 1. The molecule has 0 bridgehead atoms. The molecular weight excluding hydrogens is 364 g/mol. The molecule has 2 aliphatic heterocycles. The first kappa shape index (κ1) is 16.4. The molecule has 0 radical (unpaired) electrons. The lowest BCUT2D eigenvalue weighted by molar-refractivity contribution is -0.117. The monoisotopic (exact) mass is 380 g/mol.